The lowest BCUT2D eigenvalue weighted by Crippen LogP contribution is -2.04. The molecule has 84 valence electrons. The summed E-state index contributed by atoms with van der Waals surface area (Å²) in [6.07, 6.45) is 3.19. The number of hydrogen-bond donors (Lipinski definition) is 0. The maximum atomic E-state index is 9.21. The van der Waals surface area contributed by atoms with Crippen LogP contribution in [0, 0.1) is 11.3 Å². The van der Waals surface area contributed by atoms with E-state index in [1.165, 1.54) is 0 Å². The average molecular weight is 264 g/mol. The van der Waals surface area contributed by atoms with Crippen molar-refractivity contribution >= 4 is 23.2 Å². The molecule has 1 aromatic carbocycles. The summed E-state index contributed by atoms with van der Waals surface area (Å²) >= 11 is 11.9. The first-order valence-corrected chi connectivity index (χ1v) is 5.59. The molecule has 1 heterocycles. The van der Waals surface area contributed by atoms with Gasteiger partial charge < -0.3 is 0 Å². The van der Waals surface area contributed by atoms with E-state index in [0.717, 1.165) is 0 Å². The van der Waals surface area contributed by atoms with Gasteiger partial charge in [-0.2, -0.15) is 5.26 Å². The zero-order valence-electron chi connectivity index (χ0n) is 8.64. The number of halogens is 2. The van der Waals surface area contributed by atoms with E-state index in [2.05, 4.69) is 16.0 Å². The minimum absolute atomic E-state index is 0.430. The number of nitriles is 1. The van der Waals surface area contributed by atoms with Crippen LogP contribution in [0.25, 0.3) is 0 Å². The molecule has 2 aromatic rings. The highest BCUT2D eigenvalue weighted by Crippen LogP contribution is 2.29. The Labute approximate surface area is 109 Å². The third kappa shape index (κ3) is 2.55. The summed E-state index contributed by atoms with van der Waals surface area (Å²) in [7, 11) is 0. The Balaban J connectivity index is 2.47. The van der Waals surface area contributed by atoms with Crippen molar-refractivity contribution in [3.05, 3.63) is 58.1 Å². The topological polar surface area (TPSA) is 49.6 Å². The second kappa shape index (κ2) is 5.13. The lowest BCUT2D eigenvalue weighted by molar-refractivity contribution is 0.890. The van der Waals surface area contributed by atoms with Crippen molar-refractivity contribution < 1.29 is 0 Å². The number of benzene rings is 1. The van der Waals surface area contributed by atoms with Crippen molar-refractivity contribution in [3.63, 3.8) is 0 Å². The molecule has 0 saturated heterocycles. The van der Waals surface area contributed by atoms with Crippen LogP contribution < -0.4 is 0 Å². The van der Waals surface area contributed by atoms with Gasteiger partial charge in [-0.25, -0.2) is 9.97 Å². The summed E-state index contributed by atoms with van der Waals surface area (Å²) in [6.45, 7) is 0. The highest BCUT2D eigenvalue weighted by molar-refractivity contribution is 6.35. The number of nitrogens with zero attached hydrogens (tertiary/aromatic N) is 3. The second-order valence-corrected chi connectivity index (χ2v) is 4.18. The van der Waals surface area contributed by atoms with Crippen LogP contribution in [-0.2, 0) is 0 Å². The molecule has 0 aliphatic heterocycles. The lowest BCUT2D eigenvalue weighted by atomic mass is 10.00. The predicted octanol–water partition coefficient (Wildman–Crippen LogP) is 3.44. The minimum Gasteiger partial charge on any atom is -0.240 e. The van der Waals surface area contributed by atoms with Crippen LogP contribution in [0.15, 0.2) is 36.7 Å². The molecule has 0 aliphatic carbocycles. The molecular formula is C12H7Cl2N3. The van der Waals surface area contributed by atoms with Crippen LogP contribution in [0.1, 0.15) is 17.3 Å². The van der Waals surface area contributed by atoms with E-state index in [0.29, 0.717) is 21.4 Å². The number of aromatic nitrogens is 2. The molecular weight excluding hydrogens is 257 g/mol. The summed E-state index contributed by atoms with van der Waals surface area (Å²) in [5.41, 5.74) is 0.657. The van der Waals surface area contributed by atoms with Crippen molar-refractivity contribution in [3.8, 4) is 6.07 Å². The summed E-state index contributed by atoms with van der Waals surface area (Å²) in [5.74, 6) is -0.153. The Hall–Kier alpha value is -1.63. The Morgan fingerprint density at radius 2 is 1.88 bits per heavy atom. The van der Waals surface area contributed by atoms with Crippen LogP contribution in [0.2, 0.25) is 10.0 Å². The molecule has 2 rings (SSSR count). The fourth-order valence-corrected chi connectivity index (χ4v) is 1.98. The number of rotatable bonds is 2. The minimum atomic E-state index is -0.582. The van der Waals surface area contributed by atoms with E-state index in [9.17, 15) is 5.26 Å². The van der Waals surface area contributed by atoms with E-state index >= 15 is 0 Å². The normalized spacial score (nSPS) is 11.8. The molecule has 1 atom stereocenters. The van der Waals surface area contributed by atoms with Gasteiger partial charge in [-0.05, 0) is 23.8 Å². The molecule has 5 heteroatoms. The van der Waals surface area contributed by atoms with Crippen LogP contribution in [0.3, 0.4) is 0 Å². The van der Waals surface area contributed by atoms with Gasteiger partial charge in [-0.15, -0.1) is 0 Å². The molecule has 0 bridgehead atoms. The van der Waals surface area contributed by atoms with Gasteiger partial charge in [-0.1, -0.05) is 29.3 Å². The highest BCUT2D eigenvalue weighted by Gasteiger charge is 2.18. The van der Waals surface area contributed by atoms with E-state index in [4.69, 9.17) is 23.2 Å². The van der Waals surface area contributed by atoms with Gasteiger partial charge in [0.25, 0.3) is 0 Å². The predicted molar refractivity (Wildman–Crippen MR) is 66.0 cm³/mol. The molecule has 1 unspecified atom stereocenters. The molecule has 0 N–H and O–H groups in total. The molecule has 0 saturated carbocycles. The summed E-state index contributed by atoms with van der Waals surface area (Å²) < 4.78 is 0. The second-order valence-electron chi connectivity index (χ2n) is 3.33. The Morgan fingerprint density at radius 1 is 1.18 bits per heavy atom. The van der Waals surface area contributed by atoms with Gasteiger partial charge in [0.05, 0.1) is 6.07 Å². The molecule has 3 nitrogen and oxygen atoms in total. The van der Waals surface area contributed by atoms with E-state index < -0.39 is 5.92 Å². The lowest BCUT2D eigenvalue weighted by Gasteiger charge is -2.09. The standard InChI is InChI=1S/C12H7Cl2N3/c13-8-2-3-9(11(14)6-8)10(7-15)12-16-4-1-5-17-12/h1-6,10H. The molecule has 0 amide bonds. The van der Waals surface area contributed by atoms with Gasteiger partial charge >= 0.3 is 0 Å². The van der Waals surface area contributed by atoms with Crippen molar-refractivity contribution in [2.45, 2.75) is 5.92 Å². The SMILES string of the molecule is N#CC(c1ncccn1)c1ccc(Cl)cc1Cl. The fourth-order valence-electron chi connectivity index (χ4n) is 1.46. The Kier molecular flexibility index (Phi) is 3.58. The van der Waals surface area contributed by atoms with E-state index in [1.54, 1.807) is 36.7 Å². The van der Waals surface area contributed by atoms with E-state index in [-0.39, 0.29) is 0 Å². The first-order chi connectivity index (χ1) is 8.22. The van der Waals surface area contributed by atoms with Crippen molar-refractivity contribution in [1.29, 1.82) is 5.26 Å². The first kappa shape index (κ1) is 11.8. The smallest absolute Gasteiger partial charge is 0.149 e. The highest BCUT2D eigenvalue weighted by atomic mass is 35.5. The third-order valence-electron chi connectivity index (χ3n) is 2.25. The van der Waals surface area contributed by atoms with Crippen LogP contribution in [-0.4, -0.2) is 9.97 Å². The fraction of sp³-hybridized carbons (Fsp3) is 0.0833. The zero-order valence-corrected chi connectivity index (χ0v) is 10.2. The Morgan fingerprint density at radius 3 is 2.47 bits per heavy atom. The monoisotopic (exact) mass is 263 g/mol. The zero-order chi connectivity index (χ0) is 12.3. The van der Waals surface area contributed by atoms with Crippen LogP contribution in [0.5, 0.6) is 0 Å². The average Bonchev–Trinajstić information content (AvgIpc) is 2.34. The molecule has 0 radical (unpaired) electrons. The number of hydrogen-bond acceptors (Lipinski definition) is 3. The van der Waals surface area contributed by atoms with Crippen molar-refractivity contribution in [2.75, 3.05) is 0 Å². The largest absolute Gasteiger partial charge is 0.240 e. The van der Waals surface area contributed by atoms with Gasteiger partial charge in [0.1, 0.15) is 11.7 Å². The van der Waals surface area contributed by atoms with Crippen molar-refractivity contribution in [1.82, 2.24) is 9.97 Å². The summed E-state index contributed by atoms with van der Waals surface area (Å²) in [5, 5.41) is 10.2. The van der Waals surface area contributed by atoms with Gasteiger partial charge in [-0.3, -0.25) is 0 Å². The summed E-state index contributed by atoms with van der Waals surface area (Å²) in [6, 6.07) is 8.85. The Bertz CT molecular complexity index is 564. The molecule has 1 aromatic heterocycles. The molecule has 17 heavy (non-hydrogen) atoms. The third-order valence-corrected chi connectivity index (χ3v) is 2.81. The van der Waals surface area contributed by atoms with E-state index in [1.807, 2.05) is 0 Å². The van der Waals surface area contributed by atoms with Crippen LogP contribution >= 0.6 is 23.2 Å². The summed E-state index contributed by atoms with van der Waals surface area (Å²) in [4.78, 5) is 8.13. The van der Waals surface area contributed by atoms with Crippen LogP contribution in [0.4, 0.5) is 0 Å². The first-order valence-electron chi connectivity index (χ1n) is 4.84. The maximum absolute atomic E-state index is 9.21. The molecule has 0 fully saturated rings. The quantitative estimate of drug-likeness (QED) is 0.834. The van der Waals surface area contributed by atoms with Gasteiger partial charge in [0.2, 0.25) is 0 Å². The van der Waals surface area contributed by atoms with Gasteiger partial charge in [0.15, 0.2) is 0 Å². The molecule has 0 spiro atoms. The maximum Gasteiger partial charge on any atom is 0.149 e. The van der Waals surface area contributed by atoms with Gasteiger partial charge in [0, 0.05) is 22.4 Å². The molecule has 0 aliphatic rings. The van der Waals surface area contributed by atoms with Crippen molar-refractivity contribution in [2.24, 2.45) is 0 Å².